The van der Waals surface area contributed by atoms with Crippen LogP contribution in [0.15, 0.2) is 12.2 Å². The minimum absolute atomic E-state index is 0.222. The van der Waals surface area contributed by atoms with E-state index in [1.54, 1.807) is 0 Å². The maximum absolute atomic E-state index is 12.2. The molecule has 1 aliphatic heterocycles. The van der Waals surface area contributed by atoms with Gasteiger partial charge in [0.05, 0.1) is 0 Å². The van der Waals surface area contributed by atoms with Crippen LogP contribution in [-0.4, -0.2) is 48.4 Å². The van der Waals surface area contributed by atoms with Gasteiger partial charge in [0.25, 0.3) is 0 Å². The molecule has 0 aromatic rings. The summed E-state index contributed by atoms with van der Waals surface area (Å²) in [5.74, 6) is 0.987. The lowest BCUT2D eigenvalue weighted by molar-refractivity contribution is -0.127. The van der Waals surface area contributed by atoms with Gasteiger partial charge in [0.15, 0.2) is 0 Å². The Morgan fingerprint density at radius 3 is 2.30 bits per heavy atom. The molecule has 23 heavy (non-hydrogen) atoms. The molecule has 1 saturated heterocycles. The van der Waals surface area contributed by atoms with E-state index in [4.69, 9.17) is 0 Å². The summed E-state index contributed by atoms with van der Waals surface area (Å²) in [5.41, 5.74) is 0. The molecule has 1 fully saturated rings. The smallest absolute Gasteiger partial charge is 0.246 e. The molecule has 134 valence electrons. The highest BCUT2D eigenvalue weighted by Crippen LogP contribution is 2.18. The normalized spacial score (nSPS) is 16.6. The van der Waals surface area contributed by atoms with Crippen molar-refractivity contribution in [3.63, 3.8) is 0 Å². The van der Waals surface area contributed by atoms with Crippen molar-refractivity contribution in [1.82, 2.24) is 9.80 Å². The van der Waals surface area contributed by atoms with Crippen LogP contribution >= 0.6 is 0 Å². The average Bonchev–Trinajstić information content (AvgIpc) is 2.59. The summed E-state index contributed by atoms with van der Waals surface area (Å²) in [6, 6.07) is 0. The Balaban J connectivity index is 2.16. The molecule has 0 spiro atoms. The van der Waals surface area contributed by atoms with Gasteiger partial charge in [0, 0.05) is 19.6 Å². The van der Waals surface area contributed by atoms with Crippen LogP contribution in [0.5, 0.6) is 0 Å². The van der Waals surface area contributed by atoms with E-state index in [9.17, 15) is 4.79 Å². The van der Waals surface area contributed by atoms with Crippen LogP contribution in [0.25, 0.3) is 0 Å². The van der Waals surface area contributed by atoms with Gasteiger partial charge in [-0.25, -0.2) is 0 Å². The lowest BCUT2D eigenvalue weighted by Crippen LogP contribution is -2.41. The van der Waals surface area contributed by atoms with Crippen molar-refractivity contribution in [3.05, 3.63) is 12.2 Å². The monoisotopic (exact) mass is 322 g/mol. The van der Waals surface area contributed by atoms with Crippen molar-refractivity contribution >= 4 is 5.91 Å². The second-order valence-electron chi connectivity index (χ2n) is 6.86. The predicted octanol–water partition coefficient (Wildman–Crippen LogP) is 4.48. The number of carbonyl (C=O) groups is 1. The summed E-state index contributed by atoms with van der Waals surface area (Å²) in [6.45, 7) is 12.0. The van der Waals surface area contributed by atoms with Gasteiger partial charge in [-0.15, -0.1) is 0 Å². The van der Waals surface area contributed by atoms with Gasteiger partial charge in [-0.2, -0.15) is 0 Å². The summed E-state index contributed by atoms with van der Waals surface area (Å²) in [7, 11) is 0. The quantitative estimate of drug-likeness (QED) is 0.413. The Morgan fingerprint density at radius 2 is 1.70 bits per heavy atom. The number of rotatable bonds is 11. The van der Waals surface area contributed by atoms with E-state index in [0.29, 0.717) is 0 Å². The molecule has 0 N–H and O–H groups in total. The second-order valence-corrected chi connectivity index (χ2v) is 6.86. The highest BCUT2D eigenvalue weighted by molar-refractivity contribution is 5.87. The van der Waals surface area contributed by atoms with E-state index in [1.165, 1.54) is 38.6 Å². The van der Waals surface area contributed by atoms with Crippen molar-refractivity contribution in [2.45, 2.75) is 72.1 Å². The molecule has 0 radical (unpaired) electrons. The summed E-state index contributed by atoms with van der Waals surface area (Å²) < 4.78 is 0. The number of allylic oxidation sites excluding steroid dienone is 1. The molecule has 1 rings (SSSR count). The summed E-state index contributed by atoms with van der Waals surface area (Å²) in [4.78, 5) is 16.7. The molecule has 0 aromatic heterocycles. The summed E-state index contributed by atoms with van der Waals surface area (Å²) in [5, 5.41) is 0. The number of likely N-dealkylation sites (tertiary alicyclic amines) is 1. The zero-order valence-electron chi connectivity index (χ0n) is 15.7. The molecule has 0 atom stereocenters. The second kappa shape index (κ2) is 12.6. The van der Waals surface area contributed by atoms with Gasteiger partial charge in [-0.05, 0) is 50.8 Å². The predicted molar refractivity (Wildman–Crippen MR) is 99.6 cm³/mol. The number of hydrogen-bond acceptors (Lipinski definition) is 2. The molecule has 1 heterocycles. The molecule has 0 saturated carbocycles. The average molecular weight is 323 g/mol. The first-order chi connectivity index (χ1) is 11.2. The number of carbonyl (C=O) groups excluding carboxylic acids is 1. The van der Waals surface area contributed by atoms with Crippen LogP contribution in [0.2, 0.25) is 0 Å². The fourth-order valence-corrected chi connectivity index (χ4v) is 3.34. The molecular weight excluding hydrogens is 284 g/mol. The Bertz CT molecular complexity index is 329. The lowest BCUT2D eigenvalue weighted by atomic mass is 9.96. The van der Waals surface area contributed by atoms with E-state index >= 15 is 0 Å². The third-order valence-electron chi connectivity index (χ3n) is 5.07. The maximum Gasteiger partial charge on any atom is 0.246 e. The Hall–Kier alpha value is -0.830. The standard InChI is InChI=1S/C20H38N2O/c1-4-7-8-9-10-11-12-13-20(23)22-16-14-19(15-17-22)18-21(5-2)6-3/h12-13,19H,4-11,14-18H2,1-3H3/b13-12+. The van der Waals surface area contributed by atoms with Crippen LogP contribution in [0.3, 0.4) is 0 Å². The minimum atomic E-state index is 0.222. The molecule has 0 bridgehead atoms. The Kier molecular flexibility index (Phi) is 11.1. The molecule has 1 amide bonds. The fourth-order valence-electron chi connectivity index (χ4n) is 3.34. The zero-order valence-corrected chi connectivity index (χ0v) is 15.7. The first-order valence-electron chi connectivity index (χ1n) is 9.89. The number of amides is 1. The summed E-state index contributed by atoms with van der Waals surface area (Å²) in [6.07, 6.45) is 13.7. The number of unbranched alkanes of at least 4 members (excludes halogenated alkanes) is 5. The van der Waals surface area contributed by atoms with Crippen molar-refractivity contribution in [3.8, 4) is 0 Å². The van der Waals surface area contributed by atoms with Crippen LogP contribution in [0, 0.1) is 5.92 Å². The van der Waals surface area contributed by atoms with Gasteiger partial charge in [0.1, 0.15) is 0 Å². The largest absolute Gasteiger partial charge is 0.339 e. The van der Waals surface area contributed by atoms with Crippen molar-refractivity contribution < 1.29 is 4.79 Å². The lowest BCUT2D eigenvalue weighted by Gasteiger charge is -2.34. The third kappa shape index (κ3) is 8.55. The van der Waals surface area contributed by atoms with E-state index in [2.05, 4.69) is 31.7 Å². The Labute approximate surface area is 144 Å². The molecule has 1 aliphatic rings. The topological polar surface area (TPSA) is 23.6 Å². The molecule has 0 unspecified atom stereocenters. The number of hydrogen-bond donors (Lipinski definition) is 0. The van der Waals surface area contributed by atoms with Gasteiger partial charge < -0.3 is 9.80 Å². The van der Waals surface area contributed by atoms with Crippen molar-refractivity contribution in [1.29, 1.82) is 0 Å². The first-order valence-corrected chi connectivity index (χ1v) is 9.89. The number of nitrogens with zero attached hydrogens (tertiary/aromatic N) is 2. The molecule has 0 aromatic carbocycles. The molecular formula is C20H38N2O. The van der Waals surface area contributed by atoms with Crippen molar-refractivity contribution in [2.24, 2.45) is 5.92 Å². The SMILES string of the molecule is CCCCCCC/C=C/C(=O)N1CCC(CN(CC)CC)CC1. The third-order valence-corrected chi connectivity index (χ3v) is 5.07. The number of piperidine rings is 1. The molecule has 3 nitrogen and oxygen atoms in total. The van der Waals surface area contributed by atoms with Crippen LogP contribution in [0.1, 0.15) is 72.1 Å². The summed E-state index contributed by atoms with van der Waals surface area (Å²) >= 11 is 0. The van der Waals surface area contributed by atoms with E-state index in [-0.39, 0.29) is 5.91 Å². The van der Waals surface area contributed by atoms with Gasteiger partial charge in [0.2, 0.25) is 5.91 Å². The fraction of sp³-hybridized carbons (Fsp3) is 0.850. The van der Waals surface area contributed by atoms with Gasteiger partial charge >= 0.3 is 0 Å². The highest BCUT2D eigenvalue weighted by atomic mass is 16.2. The van der Waals surface area contributed by atoms with E-state index < -0.39 is 0 Å². The van der Waals surface area contributed by atoms with Gasteiger partial charge in [-0.3, -0.25) is 4.79 Å². The maximum atomic E-state index is 12.2. The Morgan fingerprint density at radius 1 is 1.04 bits per heavy atom. The highest BCUT2D eigenvalue weighted by Gasteiger charge is 2.22. The van der Waals surface area contributed by atoms with Gasteiger partial charge in [-0.1, -0.05) is 52.5 Å². The zero-order chi connectivity index (χ0) is 16.9. The molecule has 3 heteroatoms. The van der Waals surface area contributed by atoms with E-state index in [1.807, 2.05) is 11.0 Å². The first kappa shape index (κ1) is 20.2. The minimum Gasteiger partial charge on any atom is -0.339 e. The van der Waals surface area contributed by atoms with Crippen LogP contribution in [-0.2, 0) is 4.79 Å². The van der Waals surface area contributed by atoms with Crippen LogP contribution < -0.4 is 0 Å². The van der Waals surface area contributed by atoms with E-state index in [0.717, 1.165) is 51.4 Å². The molecule has 0 aliphatic carbocycles. The van der Waals surface area contributed by atoms with Crippen molar-refractivity contribution in [2.75, 3.05) is 32.7 Å². The van der Waals surface area contributed by atoms with Crippen LogP contribution in [0.4, 0.5) is 0 Å².